The highest BCUT2D eigenvalue weighted by Gasteiger charge is 2.36. The van der Waals surface area contributed by atoms with Gasteiger partial charge in [-0.2, -0.15) is 0 Å². The van der Waals surface area contributed by atoms with Crippen LogP contribution in [0.3, 0.4) is 0 Å². The molecule has 0 bridgehead atoms. The Morgan fingerprint density at radius 1 is 1.19 bits per heavy atom. The third kappa shape index (κ3) is 6.46. The van der Waals surface area contributed by atoms with Crippen LogP contribution in [0.2, 0.25) is 0 Å². The maximum absolute atomic E-state index is 12.4. The van der Waals surface area contributed by atoms with E-state index in [9.17, 15) is 14.7 Å². The van der Waals surface area contributed by atoms with Gasteiger partial charge >= 0.3 is 0 Å². The van der Waals surface area contributed by atoms with E-state index in [0.717, 1.165) is 19.3 Å². The molecule has 1 aliphatic carbocycles. The molecule has 5 nitrogen and oxygen atoms in total. The summed E-state index contributed by atoms with van der Waals surface area (Å²) < 4.78 is 0. The van der Waals surface area contributed by atoms with Gasteiger partial charge in [0.15, 0.2) is 0 Å². The van der Waals surface area contributed by atoms with Crippen LogP contribution in [0.15, 0.2) is 0 Å². The number of amides is 2. The second-order valence-electron chi connectivity index (χ2n) is 8.11. The van der Waals surface area contributed by atoms with Gasteiger partial charge in [0.05, 0.1) is 6.10 Å². The first-order valence-electron chi connectivity index (χ1n) is 7.72. The van der Waals surface area contributed by atoms with E-state index >= 15 is 0 Å². The highest BCUT2D eigenvalue weighted by atomic mass is 16.3. The van der Waals surface area contributed by atoms with E-state index in [2.05, 4.69) is 31.4 Å². The molecular weight excluding hydrogens is 268 g/mol. The predicted molar refractivity (Wildman–Crippen MR) is 82.6 cm³/mol. The Morgan fingerprint density at radius 3 is 2.10 bits per heavy atom. The summed E-state index contributed by atoms with van der Waals surface area (Å²) >= 11 is 0. The number of hydrogen-bond acceptors (Lipinski definition) is 3. The minimum absolute atomic E-state index is 0.0154. The number of aliphatic hydroxyl groups excluding tert-OH is 1. The Morgan fingerprint density at radius 2 is 1.71 bits per heavy atom. The number of carbonyl (C=O) groups is 2. The summed E-state index contributed by atoms with van der Waals surface area (Å²) in [6, 6.07) is -0.891. The lowest BCUT2D eigenvalue weighted by Crippen LogP contribution is -2.57. The summed E-state index contributed by atoms with van der Waals surface area (Å²) in [6.07, 6.45) is 1.62. The summed E-state index contributed by atoms with van der Waals surface area (Å²) in [7, 11) is 0. The van der Waals surface area contributed by atoms with E-state index in [-0.39, 0.29) is 23.1 Å². The molecule has 0 aliphatic heterocycles. The quantitative estimate of drug-likeness (QED) is 0.697. The minimum Gasteiger partial charge on any atom is -0.391 e. The van der Waals surface area contributed by atoms with Gasteiger partial charge in [0.2, 0.25) is 11.8 Å². The van der Waals surface area contributed by atoms with Crippen molar-refractivity contribution in [3.63, 3.8) is 0 Å². The van der Waals surface area contributed by atoms with Crippen LogP contribution in [0.5, 0.6) is 0 Å². The molecule has 5 heteroatoms. The molecule has 0 aromatic rings. The molecule has 1 rings (SSSR count). The van der Waals surface area contributed by atoms with Crippen molar-refractivity contribution in [2.45, 2.75) is 78.5 Å². The molecule has 1 aliphatic rings. The average molecular weight is 298 g/mol. The van der Waals surface area contributed by atoms with Gasteiger partial charge in [0.1, 0.15) is 6.04 Å². The number of carbonyl (C=O) groups excluding carboxylic acids is 2. The molecule has 2 amide bonds. The van der Waals surface area contributed by atoms with Gasteiger partial charge < -0.3 is 15.7 Å². The molecule has 122 valence electrons. The van der Waals surface area contributed by atoms with Gasteiger partial charge in [0, 0.05) is 11.5 Å². The summed E-state index contributed by atoms with van der Waals surface area (Å²) in [6.45, 7) is 11.8. The lowest BCUT2D eigenvalue weighted by atomic mass is 9.81. The van der Waals surface area contributed by atoms with E-state index < -0.39 is 17.7 Å². The maximum atomic E-state index is 12.4. The summed E-state index contributed by atoms with van der Waals surface area (Å²) in [5.41, 5.74) is -0.318. The van der Waals surface area contributed by atoms with Gasteiger partial charge in [-0.3, -0.25) is 9.59 Å². The Hall–Kier alpha value is -1.10. The van der Waals surface area contributed by atoms with E-state index in [1.807, 2.05) is 13.8 Å². The minimum atomic E-state index is -0.918. The zero-order valence-electron chi connectivity index (χ0n) is 14.1. The van der Waals surface area contributed by atoms with Crippen molar-refractivity contribution in [1.82, 2.24) is 10.6 Å². The molecule has 0 saturated heterocycles. The fraction of sp³-hybridized carbons (Fsp3) is 0.875. The van der Waals surface area contributed by atoms with Crippen LogP contribution in [0, 0.1) is 11.3 Å². The smallest absolute Gasteiger partial charge is 0.245 e. The molecule has 0 aromatic heterocycles. The molecule has 2 unspecified atom stereocenters. The van der Waals surface area contributed by atoms with Crippen molar-refractivity contribution in [1.29, 1.82) is 0 Å². The van der Waals surface area contributed by atoms with E-state index in [4.69, 9.17) is 0 Å². The molecule has 0 spiro atoms. The van der Waals surface area contributed by atoms with E-state index in [1.54, 1.807) is 0 Å². The van der Waals surface area contributed by atoms with Crippen molar-refractivity contribution in [2.75, 3.05) is 0 Å². The van der Waals surface area contributed by atoms with E-state index in [0.29, 0.717) is 0 Å². The summed E-state index contributed by atoms with van der Waals surface area (Å²) in [4.78, 5) is 24.2. The molecule has 0 aromatic carbocycles. The largest absolute Gasteiger partial charge is 0.391 e. The second kappa shape index (κ2) is 6.34. The fourth-order valence-corrected chi connectivity index (χ4v) is 2.80. The van der Waals surface area contributed by atoms with Crippen molar-refractivity contribution in [2.24, 2.45) is 11.3 Å². The van der Waals surface area contributed by atoms with Crippen LogP contribution in [-0.4, -0.2) is 34.6 Å². The molecule has 1 saturated carbocycles. The average Bonchev–Trinajstić information content (AvgIpc) is 3.03. The first kappa shape index (κ1) is 18.0. The maximum Gasteiger partial charge on any atom is 0.245 e. The Labute approximate surface area is 127 Å². The van der Waals surface area contributed by atoms with Gasteiger partial charge in [-0.15, -0.1) is 0 Å². The normalized spacial score (nSPS) is 18.8. The molecule has 0 heterocycles. The van der Waals surface area contributed by atoms with Gasteiger partial charge in [-0.25, -0.2) is 0 Å². The number of hydrogen-bond donors (Lipinski definition) is 3. The number of rotatable bonds is 6. The van der Waals surface area contributed by atoms with Crippen LogP contribution in [0.25, 0.3) is 0 Å². The molecular formula is C16H30N2O3. The first-order chi connectivity index (χ1) is 9.41. The Kier molecular flexibility index (Phi) is 5.42. The van der Waals surface area contributed by atoms with Crippen molar-refractivity contribution >= 4 is 11.8 Å². The molecule has 1 fully saturated rings. The second-order valence-corrected chi connectivity index (χ2v) is 8.11. The topological polar surface area (TPSA) is 78.4 Å². The Bertz CT molecular complexity index is 393. The lowest BCUT2D eigenvalue weighted by molar-refractivity contribution is -0.133. The van der Waals surface area contributed by atoms with E-state index in [1.165, 1.54) is 6.92 Å². The van der Waals surface area contributed by atoms with Crippen LogP contribution in [-0.2, 0) is 9.59 Å². The van der Waals surface area contributed by atoms with Crippen LogP contribution < -0.4 is 10.6 Å². The number of aliphatic hydroxyl groups is 1. The standard InChI is InChI=1S/C16H30N2O3/c1-10(19)12(17-13(20)11-7-8-11)14(21)18-16(5,6)9-15(2,3)4/h10-12,19H,7-9H2,1-6H3,(H,17,20)(H,18,21). The lowest BCUT2D eigenvalue weighted by Gasteiger charge is -2.35. The van der Waals surface area contributed by atoms with Crippen LogP contribution >= 0.6 is 0 Å². The summed E-state index contributed by atoms with van der Waals surface area (Å²) in [5, 5.41) is 15.4. The first-order valence-corrected chi connectivity index (χ1v) is 7.72. The van der Waals surface area contributed by atoms with Gasteiger partial charge in [-0.05, 0) is 45.4 Å². The number of nitrogens with one attached hydrogen (secondary N) is 2. The van der Waals surface area contributed by atoms with Crippen molar-refractivity contribution in [3.05, 3.63) is 0 Å². The zero-order valence-corrected chi connectivity index (χ0v) is 14.1. The highest BCUT2D eigenvalue weighted by Crippen LogP contribution is 2.29. The van der Waals surface area contributed by atoms with Gasteiger partial charge in [-0.1, -0.05) is 20.8 Å². The predicted octanol–water partition coefficient (Wildman–Crippen LogP) is 1.59. The van der Waals surface area contributed by atoms with Crippen molar-refractivity contribution < 1.29 is 14.7 Å². The molecule has 2 atom stereocenters. The molecule has 3 N–H and O–H groups in total. The highest BCUT2D eigenvalue weighted by molar-refractivity contribution is 5.90. The third-order valence-electron chi connectivity index (χ3n) is 3.44. The van der Waals surface area contributed by atoms with Crippen LogP contribution in [0.4, 0.5) is 0 Å². The SMILES string of the molecule is CC(O)C(NC(=O)C1CC1)C(=O)NC(C)(C)CC(C)(C)C. The third-order valence-corrected chi connectivity index (χ3v) is 3.44. The van der Waals surface area contributed by atoms with Gasteiger partial charge in [0.25, 0.3) is 0 Å². The monoisotopic (exact) mass is 298 g/mol. The molecule has 21 heavy (non-hydrogen) atoms. The van der Waals surface area contributed by atoms with Crippen molar-refractivity contribution in [3.8, 4) is 0 Å². The zero-order chi connectivity index (χ0) is 16.4. The fourth-order valence-electron chi connectivity index (χ4n) is 2.80. The molecule has 0 radical (unpaired) electrons. The summed E-state index contributed by atoms with van der Waals surface area (Å²) in [5.74, 6) is -0.445. The Balaban J connectivity index is 2.65. The van der Waals surface area contributed by atoms with Crippen LogP contribution in [0.1, 0.15) is 60.8 Å².